The Labute approximate surface area is 169 Å². The van der Waals surface area contributed by atoms with Gasteiger partial charge < -0.3 is 15.3 Å². The molecule has 1 aliphatic heterocycles. The van der Waals surface area contributed by atoms with Crippen LogP contribution >= 0.6 is 11.8 Å². The van der Waals surface area contributed by atoms with Crippen molar-refractivity contribution in [1.82, 2.24) is 25.0 Å². The Hall–Kier alpha value is -2.13. The van der Waals surface area contributed by atoms with E-state index in [1.54, 1.807) is 18.7 Å². The summed E-state index contributed by atoms with van der Waals surface area (Å²) in [7, 11) is 4.15. The molecular weight excluding hydrogens is 372 g/mol. The van der Waals surface area contributed by atoms with Crippen molar-refractivity contribution in [3.8, 4) is 11.4 Å². The number of hydrogen-bond donors (Lipinski definition) is 3. The van der Waals surface area contributed by atoms with Crippen LogP contribution in [0, 0.1) is 0 Å². The van der Waals surface area contributed by atoms with Crippen molar-refractivity contribution in [2.75, 3.05) is 39.0 Å². The van der Waals surface area contributed by atoms with Crippen LogP contribution < -0.4 is 10.6 Å². The molecule has 1 aliphatic rings. The number of nitrogens with one attached hydrogen (secondary N) is 2. The number of nitrogens with zero attached hydrogens (tertiary/aromatic N) is 4. The van der Waals surface area contributed by atoms with Crippen LogP contribution in [0.4, 0.5) is 5.69 Å². The zero-order valence-corrected chi connectivity index (χ0v) is 17.3. The van der Waals surface area contributed by atoms with Gasteiger partial charge >= 0.3 is 0 Å². The lowest BCUT2D eigenvalue weighted by Crippen LogP contribution is -2.30. The first kappa shape index (κ1) is 19.2. The Balaban J connectivity index is 1.73. The maximum atomic E-state index is 9.37. The number of aliphatic hydroxyl groups is 1. The number of aliphatic hydroxyl groups excluding tert-OH is 1. The van der Waals surface area contributed by atoms with E-state index in [4.69, 9.17) is 5.10 Å². The van der Waals surface area contributed by atoms with Gasteiger partial charge in [-0.1, -0.05) is 11.8 Å². The molecule has 1 unspecified atom stereocenters. The predicted octanol–water partition coefficient (Wildman–Crippen LogP) is 2.46. The van der Waals surface area contributed by atoms with E-state index in [2.05, 4.69) is 57.5 Å². The number of rotatable bonds is 8. The van der Waals surface area contributed by atoms with Gasteiger partial charge in [-0.3, -0.25) is 15.0 Å². The highest BCUT2D eigenvalue weighted by Crippen LogP contribution is 2.49. The highest BCUT2D eigenvalue weighted by molar-refractivity contribution is 8.00. The van der Waals surface area contributed by atoms with Gasteiger partial charge in [-0.05, 0) is 45.3 Å². The minimum Gasteiger partial charge on any atom is -0.383 e. The van der Waals surface area contributed by atoms with E-state index < -0.39 is 6.23 Å². The van der Waals surface area contributed by atoms with Crippen LogP contribution in [0.1, 0.15) is 6.92 Å². The highest BCUT2D eigenvalue weighted by Gasteiger charge is 2.26. The van der Waals surface area contributed by atoms with E-state index in [1.165, 1.54) is 10.3 Å². The predicted molar refractivity (Wildman–Crippen MR) is 114 cm³/mol. The molecular formula is C20H26N6OS. The monoisotopic (exact) mass is 398 g/mol. The molecule has 0 radical (unpaired) electrons. The van der Waals surface area contributed by atoms with Gasteiger partial charge in [-0.15, -0.1) is 0 Å². The molecule has 148 valence electrons. The molecule has 0 saturated carbocycles. The van der Waals surface area contributed by atoms with Crippen molar-refractivity contribution in [2.45, 2.75) is 29.5 Å². The minimum atomic E-state index is -0.503. The number of anilines is 1. The van der Waals surface area contributed by atoms with Crippen LogP contribution in [-0.2, 0) is 6.54 Å². The number of fused-ring (bicyclic) bond motifs is 2. The second kappa shape index (κ2) is 8.08. The van der Waals surface area contributed by atoms with Crippen LogP contribution in [0.15, 0.2) is 40.3 Å². The maximum Gasteiger partial charge on any atom is 0.121 e. The van der Waals surface area contributed by atoms with E-state index in [-0.39, 0.29) is 0 Å². The third kappa shape index (κ3) is 3.73. The fraction of sp³-hybridized carbons (Fsp3) is 0.400. The summed E-state index contributed by atoms with van der Waals surface area (Å²) in [6, 6.07) is 8.35. The average molecular weight is 399 g/mol. The van der Waals surface area contributed by atoms with E-state index in [1.807, 2.05) is 12.3 Å². The lowest BCUT2D eigenvalue weighted by Gasteiger charge is -2.18. The van der Waals surface area contributed by atoms with E-state index in [0.29, 0.717) is 6.54 Å². The van der Waals surface area contributed by atoms with E-state index >= 15 is 0 Å². The molecule has 3 N–H and O–H groups in total. The largest absolute Gasteiger partial charge is 0.383 e. The lowest BCUT2D eigenvalue weighted by atomic mass is 10.1. The normalized spacial score (nSPS) is 13.8. The van der Waals surface area contributed by atoms with Gasteiger partial charge in [0.05, 0.1) is 12.1 Å². The summed E-state index contributed by atoms with van der Waals surface area (Å²) in [5, 5.41) is 22.0. The maximum absolute atomic E-state index is 9.37. The highest BCUT2D eigenvalue weighted by atomic mass is 32.2. The smallest absolute Gasteiger partial charge is 0.121 e. The SMILES string of the molecule is CC(O)NCCNc1ccc2c3c(nn2CCN(C)C)-c2ncccc2Sc13. The number of aromatic nitrogens is 3. The Morgan fingerprint density at radius 1 is 1.21 bits per heavy atom. The van der Waals surface area contributed by atoms with Crippen LogP contribution in [0.3, 0.4) is 0 Å². The Morgan fingerprint density at radius 2 is 2.07 bits per heavy atom. The Bertz CT molecular complexity index is 984. The number of pyridine rings is 1. The van der Waals surface area contributed by atoms with Crippen LogP contribution in [-0.4, -0.2) is 64.7 Å². The molecule has 4 rings (SSSR count). The van der Waals surface area contributed by atoms with Gasteiger partial charge in [0, 0.05) is 46.7 Å². The number of likely N-dealkylation sites (N-methyl/N-ethyl adjacent to an activating group) is 1. The summed E-state index contributed by atoms with van der Waals surface area (Å²) in [6.45, 7) is 4.91. The molecule has 28 heavy (non-hydrogen) atoms. The fourth-order valence-electron chi connectivity index (χ4n) is 3.36. The number of hydrogen-bond acceptors (Lipinski definition) is 7. The van der Waals surface area contributed by atoms with Gasteiger partial charge in [-0.2, -0.15) is 5.10 Å². The second-order valence-corrected chi connectivity index (χ2v) is 8.27. The van der Waals surface area contributed by atoms with Crippen molar-refractivity contribution in [2.24, 2.45) is 0 Å². The molecule has 1 atom stereocenters. The molecule has 0 spiro atoms. The summed E-state index contributed by atoms with van der Waals surface area (Å²) in [5.41, 5.74) is 4.15. The molecule has 2 aromatic heterocycles. The van der Waals surface area contributed by atoms with E-state index in [0.717, 1.165) is 47.1 Å². The summed E-state index contributed by atoms with van der Waals surface area (Å²) >= 11 is 1.75. The van der Waals surface area contributed by atoms with Gasteiger partial charge in [-0.25, -0.2) is 0 Å². The van der Waals surface area contributed by atoms with Gasteiger partial charge in [0.1, 0.15) is 17.6 Å². The molecule has 0 bridgehead atoms. The first-order chi connectivity index (χ1) is 13.5. The summed E-state index contributed by atoms with van der Waals surface area (Å²) in [5.74, 6) is 0. The third-order valence-corrected chi connectivity index (χ3v) is 5.90. The quantitative estimate of drug-likeness (QED) is 0.311. The standard InChI is InChI=1S/C20H26N6OS/c1-13(27)21-9-10-22-14-6-7-15-17-19(24-26(15)12-11-25(2)3)18-16(28-20(14)17)5-4-8-23-18/h4-8,13,21-22,27H,9-12H2,1-3H3. The average Bonchev–Trinajstić information content (AvgIpc) is 3.05. The van der Waals surface area contributed by atoms with Crippen molar-refractivity contribution in [1.29, 1.82) is 0 Å². The first-order valence-electron chi connectivity index (χ1n) is 9.51. The zero-order chi connectivity index (χ0) is 19.7. The summed E-state index contributed by atoms with van der Waals surface area (Å²) < 4.78 is 2.09. The van der Waals surface area contributed by atoms with Gasteiger partial charge in [0.2, 0.25) is 0 Å². The Morgan fingerprint density at radius 3 is 2.86 bits per heavy atom. The molecule has 0 amide bonds. The molecule has 7 nitrogen and oxygen atoms in total. The summed E-state index contributed by atoms with van der Waals surface area (Å²) in [4.78, 5) is 9.10. The third-order valence-electron chi connectivity index (χ3n) is 4.72. The van der Waals surface area contributed by atoms with Gasteiger partial charge in [0.15, 0.2) is 0 Å². The van der Waals surface area contributed by atoms with Gasteiger partial charge in [0.25, 0.3) is 0 Å². The molecule has 3 aromatic rings. The molecule has 0 fully saturated rings. The fourth-order valence-corrected chi connectivity index (χ4v) is 4.52. The van der Waals surface area contributed by atoms with Crippen molar-refractivity contribution in [3.05, 3.63) is 30.5 Å². The van der Waals surface area contributed by atoms with E-state index in [9.17, 15) is 5.11 Å². The van der Waals surface area contributed by atoms with Crippen molar-refractivity contribution >= 4 is 28.4 Å². The molecule has 8 heteroatoms. The lowest BCUT2D eigenvalue weighted by molar-refractivity contribution is 0.159. The molecule has 0 saturated heterocycles. The number of benzene rings is 1. The molecule has 1 aromatic carbocycles. The zero-order valence-electron chi connectivity index (χ0n) is 16.4. The van der Waals surface area contributed by atoms with Crippen LogP contribution in [0.5, 0.6) is 0 Å². The first-order valence-corrected chi connectivity index (χ1v) is 10.3. The topological polar surface area (TPSA) is 78.2 Å². The van der Waals surface area contributed by atoms with Crippen LogP contribution in [0.2, 0.25) is 0 Å². The molecule has 0 aliphatic carbocycles. The second-order valence-electron chi connectivity index (χ2n) is 7.22. The van der Waals surface area contributed by atoms with Crippen molar-refractivity contribution < 1.29 is 5.11 Å². The molecule has 3 heterocycles. The van der Waals surface area contributed by atoms with Crippen molar-refractivity contribution in [3.63, 3.8) is 0 Å². The van der Waals surface area contributed by atoms with Crippen LogP contribution in [0.25, 0.3) is 22.3 Å². The summed E-state index contributed by atoms with van der Waals surface area (Å²) in [6.07, 6.45) is 1.33. The minimum absolute atomic E-state index is 0.503. The Kier molecular flexibility index (Phi) is 5.54.